The van der Waals surface area contributed by atoms with Gasteiger partial charge in [0.05, 0.1) is 18.4 Å². The SMILES string of the molecule is CCOC(=O)c1c(NC(=O)c2ccco2)sc2c1CCC(C(C)(C)CC)C2. The predicted molar refractivity (Wildman–Crippen MR) is 107 cm³/mol. The first-order chi connectivity index (χ1) is 12.9. The van der Waals surface area contributed by atoms with Gasteiger partial charge in [0.15, 0.2) is 5.76 Å². The number of esters is 1. The maximum atomic E-state index is 12.6. The number of furan rings is 1. The largest absolute Gasteiger partial charge is 0.462 e. The molecule has 0 saturated carbocycles. The number of hydrogen-bond donors (Lipinski definition) is 1. The average Bonchev–Trinajstić information content (AvgIpc) is 3.28. The molecule has 146 valence electrons. The molecule has 27 heavy (non-hydrogen) atoms. The lowest BCUT2D eigenvalue weighted by Gasteiger charge is -2.36. The zero-order valence-corrected chi connectivity index (χ0v) is 17.2. The number of nitrogens with one attached hydrogen (secondary N) is 1. The molecule has 1 amide bonds. The van der Waals surface area contributed by atoms with Crippen LogP contribution in [0.1, 0.15) is 71.9 Å². The molecule has 0 fully saturated rings. The standard InChI is InChI=1S/C21H27NO4S/c1-5-21(3,4)13-9-10-14-16(12-13)27-19(17(14)20(24)25-6-2)22-18(23)15-8-7-11-26-15/h7-8,11,13H,5-6,9-10,12H2,1-4H3,(H,22,23). The first-order valence-electron chi connectivity index (χ1n) is 9.53. The van der Waals surface area contributed by atoms with E-state index in [4.69, 9.17) is 9.15 Å². The molecule has 0 aliphatic heterocycles. The Morgan fingerprint density at radius 1 is 1.37 bits per heavy atom. The average molecular weight is 390 g/mol. The maximum absolute atomic E-state index is 12.6. The summed E-state index contributed by atoms with van der Waals surface area (Å²) >= 11 is 1.50. The Morgan fingerprint density at radius 3 is 2.78 bits per heavy atom. The molecule has 2 aromatic rings. The van der Waals surface area contributed by atoms with Crippen molar-refractivity contribution in [1.82, 2.24) is 0 Å². The van der Waals surface area contributed by atoms with Crippen LogP contribution in [0.15, 0.2) is 22.8 Å². The van der Waals surface area contributed by atoms with Crippen molar-refractivity contribution < 1.29 is 18.7 Å². The minimum absolute atomic E-state index is 0.223. The van der Waals surface area contributed by atoms with Crippen LogP contribution in [0.25, 0.3) is 0 Å². The summed E-state index contributed by atoms with van der Waals surface area (Å²) in [5, 5.41) is 3.43. The Kier molecular flexibility index (Phi) is 5.75. The molecule has 1 aliphatic carbocycles. The molecule has 1 unspecified atom stereocenters. The van der Waals surface area contributed by atoms with Gasteiger partial charge in [-0.25, -0.2) is 4.79 Å². The topological polar surface area (TPSA) is 68.5 Å². The van der Waals surface area contributed by atoms with E-state index in [1.54, 1.807) is 19.1 Å². The van der Waals surface area contributed by atoms with Crippen molar-refractivity contribution in [2.24, 2.45) is 11.3 Å². The van der Waals surface area contributed by atoms with Crippen LogP contribution in [0.5, 0.6) is 0 Å². The highest BCUT2D eigenvalue weighted by molar-refractivity contribution is 7.17. The number of fused-ring (bicyclic) bond motifs is 1. The van der Waals surface area contributed by atoms with Gasteiger partial charge in [-0.3, -0.25) is 4.79 Å². The fourth-order valence-corrected chi connectivity index (χ4v) is 4.93. The minimum Gasteiger partial charge on any atom is -0.462 e. The number of carbonyl (C=O) groups is 2. The fraction of sp³-hybridized carbons (Fsp3) is 0.524. The second-order valence-electron chi connectivity index (χ2n) is 7.64. The van der Waals surface area contributed by atoms with E-state index >= 15 is 0 Å². The third-order valence-corrected chi connectivity index (χ3v) is 6.90. The Bertz CT molecular complexity index is 820. The van der Waals surface area contributed by atoms with Gasteiger partial charge < -0.3 is 14.5 Å². The number of hydrogen-bond acceptors (Lipinski definition) is 5. The fourth-order valence-electron chi connectivity index (χ4n) is 3.62. The molecule has 0 spiro atoms. The van der Waals surface area contributed by atoms with Crippen LogP contribution in [-0.2, 0) is 17.6 Å². The van der Waals surface area contributed by atoms with Crippen LogP contribution >= 0.6 is 11.3 Å². The summed E-state index contributed by atoms with van der Waals surface area (Å²) in [5.74, 6) is 0.0750. The highest BCUT2D eigenvalue weighted by Crippen LogP contribution is 2.45. The Hall–Kier alpha value is -2.08. The quantitative estimate of drug-likeness (QED) is 0.680. The zero-order valence-electron chi connectivity index (χ0n) is 16.4. The number of rotatable bonds is 6. The summed E-state index contributed by atoms with van der Waals surface area (Å²) in [4.78, 5) is 26.2. The van der Waals surface area contributed by atoms with Crippen LogP contribution in [0.2, 0.25) is 0 Å². The van der Waals surface area contributed by atoms with Gasteiger partial charge in [0.1, 0.15) is 5.00 Å². The van der Waals surface area contributed by atoms with E-state index < -0.39 is 0 Å². The summed E-state index contributed by atoms with van der Waals surface area (Å²) in [6.45, 7) is 8.94. The van der Waals surface area contributed by atoms with Crippen molar-refractivity contribution in [2.45, 2.75) is 53.4 Å². The smallest absolute Gasteiger partial charge is 0.341 e. The lowest BCUT2D eigenvalue weighted by molar-refractivity contribution is 0.0526. The predicted octanol–water partition coefficient (Wildman–Crippen LogP) is 5.31. The second-order valence-corrected chi connectivity index (χ2v) is 8.75. The van der Waals surface area contributed by atoms with E-state index in [-0.39, 0.29) is 23.1 Å². The number of ether oxygens (including phenoxy) is 1. The van der Waals surface area contributed by atoms with Gasteiger partial charge in [-0.2, -0.15) is 0 Å². The molecule has 2 aromatic heterocycles. The molecule has 1 atom stereocenters. The van der Waals surface area contributed by atoms with E-state index in [1.807, 2.05) is 0 Å². The molecule has 2 heterocycles. The van der Waals surface area contributed by atoms with Gasteiger partial charge >= 0.3 is 5.97 Å². The van der Waals surface area contributed by atoms with E-state index in [0.29, 0.717) is 23.1 Å². The third kappa shape index (κ3) is 3.95. The normalized spacial score (nSPS) is 16.7. The molecule has 3 rings (SSSR count). The molecule has 1 aliphatic rings. The Morgan fingerprint density at radius 2 is 2.15 bits per heavy atom. The monoisotopic (exact) mass is 389 g/mol. The highest BCUT2D eigenvalue weighted by atomic mass is 32.1. The molecule has 0 aromatic carbocycles. The lowest BCUT2D eigenvalue weighted by atomic mass is 9.69. The van der Waals surface area contributed by atoms with Crippen molar-refractivity contribution >= 4 is 28.2 Å². The van der Waals surface area contributed by atoms with Crippen LogP contribution in [0.3, 0.4) is 0 Å². The van der Waals surface area contributed by atoms with E-state index in [0.717, 1.165) is 31.2 Å². The number of thiophene rings is 1. The van der Waals surface area contributed by atoms with Crippen molar-refractivity contribution in [1.29, 1.82) is 0 Å². The molecule has 1 N–H and O–H groups in total. The number of carbonyl (C=O) groups excluding carboxylic acids is 2. The lowest BCUT2D eigenvalue weighted by Crippen LogP contribution is -2.28. The molecule has 6 heteroatoms. The van der Waals surface area contributed by atoms with Gasteiger partial charge in [0.2, 0.25) is 0 Å². The Balaban J connectivity index is 1.94. The van der Waals surface area contributed by atoms with Gasteiger partial charge in [-0.1, -0.05) is 27.2 Å². The first-order valence-corrected chi connectivity index (χ1v) is 10.4. The third-order valence-electron chi connectivity index (χ3n) is 5.73. The second kappa shape index (κ2) is 7.89. The van der Waals surface area contributed by atoms with E-state index in [2.05, 4.69) is 26.1 Å². The van der Waals surface area contributed by atoms with Crippen LogP contribution in [0, 0.1) is 11.3 Å². The van der Waals surface area contributed by atoms with Crippen molar-refractivity contribution in [3.8, 4) is 0 Å². The Labute approximate surface area is 164 Å². The number of anilines is 1. The summed E-state index contributed by atoms with van der Waals surface area (Å²) in [7, 11) is 0. The van der Waals surface area contributed by atoms with Gasteiger partial charge in [0, 0.05) is 4.88 Å². The van der Waals surface area contributed by atoms with Crippen molar-refractivity contribution in [3.05, 3.63) is 40.2 Å². The summed E-state index contributed by atoms with van der Waals surface area (Å²) < 4.78 is 10.4. The van der Waals surface area contributed by atoms with Crippen LogP contribution in [0.4, 0.5) is 5.00 Å². The van der Waals surface area contributed by atoms with E-state index in [9.17, 15) is 9.59 Å². The number of amides is 1. The molecule has 0 radical (unpaired) electrons. The van der Waals surface area contributed by atoms with Crippen molar-refractivity contribution in [3.63, 3.8) is 0 Å². The molecular weight excluding hydrogens is 362 g/mol. The minimum atomic E-state index is -0.363. The zero-order chi connectivity index (χ0) is 19.6. The van der Waals surface area contributed by atoms with Crippen LogP contribution in [-0.4, -0.2) is 18.5 Å². The molecule has 0 saturated heterocycles. The molecular formula is C21H27NO4S. The first kappa shape index (κ1) is 19.7. The molecule has 0 bridgehead atoms. The van der Waals surface area contributed by atoms with Gasteiger partial charge in [-0.05, 0) is 55.2 Å². The molecule has 5 nitrogen and oxygen atoms in total. The van der Waals surface area contributed by atoms with E-state index in [1.165, 1.54) is 22.5 Å². The van der Waals surface area contributed by atoms with Crippen LogP contribution < -0.4 is 5.32 Å². The summed E-state index contributed by atoms with van der Waals surface area (Å²) in [6.07, 6.45) is 5.39. The summed E-state index contributed by atoms with van der Waals surface area (Å²) in [6, 6.07) is 3.27. The maximum Gasteiger partial charge on any atom is 0.341 e. The summed E-state index contributed by atoms with van der Waals surface area (Å²) in [5.41, 5.74) is 1.81. The van der Waals surface area contributed by atoms with Gasteiger partial charge in [-0.15, -0.1) is 11.3 Å². The van der Waals surface area contributed by atoms with Crippen molar-refractivity contribution in [2.75, 3.05) is 11.9 Å². The van der Waals surface area contributed by atoms with Gasteiger partial charge in [0.25, 0.3) is 5.91 Å². The highest BCUT2D eigenvalue weighted by Gasteiger charge is 2.35.